The molecular weight excluding hydrogens is 258 g/mol. The van der Waals surface area contributed by atoms with Gasteiger partial charge in [0.05, 0.1) is 5.60 Å². The van der Waals surface area contributed by atoms with Crippen molar-refractivity contribution >= 4 is 11.6 Å². The molecule has 19 heavy (non-hydrogen) atoms. The van der Waals surface area contributed by atoms with Gasteiger partial charge in [-0.3, -0.25) is 0 Å². The molecule has 0 aliphatic heterocycles. The van der Waals surface area contributed by atoms with E-state index in [0.29, 0.717) is 5.02 Å². The van der Waals surface area contributed by atoms with Gasteiger partial charge in [-0.2, -0.15) is 0 Å². The highest BCUT2D eigenvalue weighted by atomic mass is 35.5. The molecule has 0 saturated heterocycles. The maximum atomic E-state index is 11.4. The van der Waals surface area contributed by atoms with Crippen molar-refractivity contribution in [1.82, 2.24) is 4.90 Å². The first-order valence-corrected chi connectivity index (χ1v) is 7.45. The Morgan fingerprint density at radius 1 is 1.37 bits per heavy atom. The average molecular weight is 282 g/mol. The third-order valence-electron chi connectivity index (χ3n) is 4.44. The topological polar surface area (TPSA) is 23.5 Å². The van der Waals surface area contributed by atoms with Crippen LogP contribution in [0.4, 0.5) is 0 Å². The van der Waals surface area contributed by atoms with Gasteiger partial charge in [0, 0.05) is 17.5 Å². The lowest BCUT2D eigenvalue weighted by atomic mass is 9.65. The molecule has 1 aliphatic carbocycles. The van der Waals surface area contributed by atoms with Crippen molar-refractivity contribution in [1.29, 1.82) is 0 Å². The summed E-state index contributed by atoms with van der Waals surface area (Å²) in [5, 5.41) is 12.1. The molecule has 3 atom stereocenters. The van der Waals surface area contributed by atoms with Gasteiger partial charge < -0.3 is 10.0 Å². The van der Waals surface area contributed by atoms with E-state index in [1.54, 1.807) is 0 Å². The molecule has 0 spiro atoms. The molecule has 0 heterocycles. The van der Waals surface area contributed by atoms with Crippen LogP contribution in [-0.2, 0) is 5.60 Å². The molecule has 0 radical (unpaired) electrons. The number of benzene rings is 1. The maximum absolute atomic E-state index is 11.4. The second-order valence-corrected chi connectivity index (χ2v) is 6.56. The zero-order valence-corrected chi connectivity index (χ0v) is 12.8. The Kier molecular flexibility index (Phi) is 4.54. The lowest BCUT2D eigenvalue weighted by Crippen LogP contribution is -2.47. The van der Waals surface area contributed by atoms with Gasteiger partial charge in [0.15, 0.2) is 0 Å². The van der Waals surface area contributed by atoms with Crippen LogP contribution in [-0.4, -0.2) is 30.6 Å². The summed E-state index contributed by atoms with van der Waals surface area (Å²) in [6, 6.07) is 7.73. The van der Waals surface area contributed by atoms with E-state index in [-0.39, 0.29) is 11.8 Å². The standard InChI is InChI=1S/C16H24ClNO/c1-12-6-4-8-14(11-18(2)3)16(12,19)13-7-5-9-15(17)10-13/h5,7,9-10,12,14,19H,4,6,8,11H2,1-3H3. The molecule has 1 saturated carbocycles. The van der Waals surface area contributed by atoms with E-state index in [1.807, 2.05) is 24.3 Å². The highest BCUT2D eigenvalue weighted by Gasteiger charge is 2.45. The predicted molar refractivity (Wildman–Crippen MR) is 80.4 cm³/mol. The Hall–Kier alpha value is -0.570. The van der Waals surface area contributed by atoms with E-state index in [2.05, 4.69) is 25.9 Å². The van der Waals surface area contributed by atoms with Crippen molar-refractivity contribution in [2.75, 3.05) is 20.6 Å². The monoisotopic (exact) mass is 281 g/mol. The summed E-state index contributed by atoms with van der Waals surface area (Å²) in [7, 11) is 4.13. The normalized spacial score (nSPS) is 31.7. The van der Waals surface area contributed by atoms with Gasteiger partial charge >= 0.3 is 0 Å². The molecule has 0 bridgehead atoms. The minimum atomic E-state index is -0.757. The molecule has 1 aliphatic rings. The predicted octanol–water partition coefficient (Wildman–Crippen LogP) is 3.53. The SMILES string of the molecule is CC1CCCC(CN(C)C)C1(O)c1cccc(Cl)c1. The molecule has 3 heteroatoms. The number of hydrogen-bond donors (Lipinski definition) is 1. The molecule has 0 aromatic heterocycles. The summed E-state index contributed by atoms with van der Waals surface area (Å²) in [4.78, 5) is 2.16. The van der Waals surface area contributed by atoms with E-state index >= 15 is 0 Å². The van der Waals surface area contributed by atoms with Crippen LogP contribution >= 0.6 is 11.6 Å². The average Bonchev–Trinajstić information content (AvgIpc) is 2.34. The van der Waals surface area contributed by atoms with Crippen molar-refractivity contribution < 1.29 is 5.11 Å². The molecule has 1 N–H and O–H groups in total. The van der Waals surface area contributed by atoms with Crippen molar-refractivity contribution in [2.45, 2.75) is 31.8 Å². The van der Waals surface area contributed by atoms with Gasteiger partial charge in [0.25, 0.3) is 0 Å². The highest BCUT2D eigenvalue weighted by Crippen LogP contribution is 2.46. The number of halogens is 1. The summed E-state index contributed by atoms with van der Waals surface area (Å²) < 4.78 is 0. The number of nitrogens with zero attached hydrogens (tertiary/aromatic N) is 1. The van der Waals surface area contributed by atoms with Gasteiger partial charge in [0.1, 0.15) is 0 Å². The summed E-state index contributed by atoms with van der Waals surface area (Å²) in [6.45, 7) is 3.07. The molecule has 1 aromatic carbocycles. The van der Waals surface area contributed by atoms with Crippen LogP contribution in [0.3, 0.4) is 0 Å². The number of rotatable bonds is 3. The third kappa shape index (κ3) is 2.96. The molecule has 1 aromatic rings. The quantitative estimate of drug-likeness (QED) is 0.916. The molecular formula is C16H24ClNO. The maximum Gasteiger partial charge on any atom is 0.0962 e. The third-order valence-corrected chi connectivity index (χ3v) is 4.67. The Labute approximate surface area is 121 Å². The first-order chi connectivity index (χ1) is 8.94. The van der Waals surface area contributed by atoms with Gasteiger partial charge in [-0.1, -0.05) is 37.1 Å². The molecule has 1 fully saturated rings. The fraction of sp³-hybridized carbons (Fsp3) is 0.625. The fourth-order valence-electron chi connectivity index (χ4n) is 3.44. The van der Waals surface area contributed by atoms with Crippen molar-refractivity contribution in [3.05, 3.63) is 34.9 Å². The lowest BCUT2D eigenvalue weighted by Gasteiger charge is -2.46. The van der Waals surface area contributed by atoms with Crippen LogP contribution in [0, 0.1) is 11.8 Å². The van der Waals surface area contributed by atoms with Crippen LogP contribution in [0.1, 0.15) is 31.7 Å². The molecule has 106 valence electrons. The molecule has 3 unspecified atom stereocenters. The van der Waals surface area contributed by atoms with Gasteiger partial charge in [0.2, 0.25) is 0 Å². The van der Waals surface area contributed by atoms with Crippen LogP contribution in [0.25, 0.3) is 0 Å². The van der Waals surface area contributed by atoms with E-state index in [4.69, 9.17) is 11.6 Å². The van der Waals surface area contributed by atoms with Crippen LogP contribution in [0.5, 0.6) is 0 Å². The largest absolute Gasteiger partial charge is 0.385 e. The second-order valence-electron chi connectivity index (χ2n) is 6.13. The Morgan fingerprint density at radius 2 is 2.11 bits per heavy atom. The van der Waals surface area contributed by atoms with Gasteiger partial charge in [-0.25, -0.2) is 0 Å². The summed E-state index contributed by atoms with van der Waals surface area (Å²) >= 11 is 6.11. The Morgan fingerprint density at radius 3 is 2.74 bits per heavy atom. The zero-order valence-electron chi connectivity index (χ0n) is 12.1. The first-order valence-electron chi connectivity index (χ1n) is 7.07. The number of hydrogen-bond acceptors (Lipinski definition) is 2. The Bertz CT molecular complexity index is 435. The zero-order chi connectivity index (χ0) is 14.0. The summed E-state index contributed by atoms with van der Waals surface area (Å²) in [5.74, 6) is 0.536. The van der Waals surface area contributed by atoms with E-state index < -0.39 is 5.60 Å². The van der Waals surface area contributed by atoms with Gasteiger partial charge in [-0.05, 0) is 50.6 Å². The Balaban J connectivity index is 2.38. The van der Waals surface area contributed by atoms with Crippen LogP contribution in [0.15, 0.2) is 24.3 Å². The number of aliphatic hydroxyl groups is 1. The van der Waals surface area contributed by atoms with Crippen LogP contribution in [0.2, 0.25) is 5.02 Å². The fourth-order valence-corrected chi connectivity index (χ4v) is 3.63. The van der Waals surface area contributed by atoms with E-state index in [9.17, 15) is 5.11 Å². The van der Waals surface area contributed by atoms with E-state index in [1.165, 1.54) is 6.42 Å². The second kappa shape index (κ2) is 5.82. The van der Waals surface area contributed by atoms with Crippen molar-refractivity contribution in [2.24, 2.45) is 11.8 Å². The molecule has 0 amide bonds. The summed E-state index contributed by atoms with van der Waals surface area (Å²) in [5.41, 5.74) is 0.215. The summed E-state index contributed by atoms with van der Waals surface area (Å²) in [6.07, 6.45) is 3.35. The lowest BCUT2D eigenvalue weighted by molar-refractivity contribution is -0.101. The van der Waals surface area contributed by atoms with Gasteiger partial charge in [-0.15, -0.1) is 0 Å². The minimum Gasteiger partial charge on any atom is -0.385 e. The molecule has 2 nitrogen and oxygen atoms in total. The molecule has 2 rings (SSSR count). The van der Waals surface area contributed by atoms with Crippen LogP contribution < -0.4 is 0 Å². The first kappa shape index (κ1) is 14.8. The smallest absolute Gasteiger partial charge is 0.0962 e. The van der Waals surface area contributed by atoms with Crippen molar-refractivity contribution in [3.8, 4) is 0 Å². The minimum absolute atomic E-state index is 0.268. The van der Waals surface area contributed by atoms with E-state index in [0.717, 1.165) is 24.9 Å². The highest BCUT2D eigenvalue weighted by molar-refractivity contribution is 6.30. The van der Waals surface area contributed by atoms with Crippen molar-refractivity contribution in [3.63, 3.8) is 0 Å².